The van der Waals surface area contributed by atoms with Crippen molar-refractivity contribution in [3.63, 3.8) is 0 Å². The van der Waals surface area contributed by atoms with Gasteiger partial charge < -0.3 is 10.7 Å². The lowest BCUT2D eigenvalue weighted by atomic mass is 10.1. The summed E-state index contributed by atoms with van der Waals surface area (Å²) < 4.78 is 0. The van der Waals surface area contributed by atoms with Crippen LogP contribution in [-0.2, 0) is 0 Å². The first-order valence-corrected chi connectivity index (χ1v) is 5.20. The SMILES string of the molecule is Nc1cn[nH]c1-c1c[nH]c2cccc(Cl)c12. The minimum atomic E-state index is 0.612. The molecule has 5 heteroatoms. The molecule has 4 nitrogen and oxygen atoms in total. The molecule has 80 valence electrons. The average Bonchev–Trinajstić information content (AvgIpc) is 2.84. The van der Waals surface area contributed by atoms with Crippen LogP contribution >= 0.6 is 11.6 Å². The number of fused-ring (bicyclic) bond motifs is 1. The minimum Gasteiger partial charge on any atom is -0.396 e. The first-order valence-electron chi connectivity index (χ1n) is 4.82. The molecule has 1 aromatic carbocycles. The predicted molar refractivity (Wildman–Crippen MR) is 65.3 cm³/mol. The van der Waals surface area contributed by atoms with Gasteiger partial charge in [-0.2, -0.15) is 5.10 Å². The van der Waals surface area contributed by atoms with Crippen LogP contribution in [-0.4, -0.2) is 15.2 Å². The lowest BCUT2D eigenvalue weighted by molar-refractivity contribution is 1.10. The highest BCUT2D eigenvalue weighted by Crippen LogP contribution is 2.34. The second kappa shape index (κ2) is 3.28. The number of anilines is 1. The van der Waals surface area contributed by atoms with Crippen LogP contribution in [0.15, 0.2) is 30.6 Å². The molecule has 3 rings (SSSR count). The van der Waals surface area contributed by atoms with Crippen LogP contribution in [0, 0.1) is 0 Å². The van der Waals surface area contributed by atoms with Crippen LogP contribution in [0.3, 0.4) is 0 Å². The lowest BCUT2D eigenvalue weighted by Gasteiger charge is -1.99. The molecule has 0 amide bonds. The molecule has 0 aliphatic heterocycles. The molecule has 2 aromatic heterocycles. The normalized spacial score (nSPS) is 11.1. The van der Waals surface area contributed by atoms with Crippen LogP contribution in [0.25, 0.3) is 22.2 Å². The molecule has 4 N–H and O–H groups in total. The summed E-state index contributed by atoms with van der Waals surface area (Å²) in [5.41, 5.74) is 9.15. The third kappa shape index (κ3) is 1.20. The van der Waals surface area contributed by atoms with Crippen LogP contribution in [0.1, 0.15) is 0 Å². The summed E-state index contributed by atoms with van der Waals surface area (Å²) in [5.74, 6) is 0. The van der Waals surface area contributed by atoms with E-state index in [2.05, 4.69) is 15.2 Å². The summed E-state index contributed by atoms with van der Waals surface area (Å²) in [4.78, 5) is 3.16. The van der Waals surface area contributed by atoms with E-state index in [1.54, 1.807) is 6.20 Å². The Balaban J connectivity index is 2.37. The monoisotopic (exact) mass is 232 g/mol. The molecule has 0 radical (unpaired) electrons. The van der Waals surface area contributed by atoms with Gasteiger partial charge >= 0.3 is 0 Å². The molecular formula is C11H9ClN4. The Kier molecular flexibility index (Phi) is 1.91. The van der Waals surface area contributed by atoms with Gasteiger partial charge in [0.15, 0.2) is 0 Å². The van der Waals surface area contributed by atoms with Crippen molar-refractivity contribution < 1.29 is 0 Å². The number of aromatic amines is 2. The van der Waals surface area contributed by atoms with Gasteiger partial charge in [0, 0.05) is 22.7 Å². The highest BCUT2D eigenvalue weighted by Gasteiger charge is 2.12. The highest BCUT2D eigenvalue weighted by atomic mass is 35.5. The number of nitrogens with zero attached hydrogens (tertiary/aromatic N) is 1. The molecule has 0 atom stereocenters. The van der Waals surface area contributed by atoms with Crippen molar-refractivity contribution >= 4 is 28.2 Å². The summed E-state index contributed by atoms with van der Waals surface area (Å²) in [6.07, 6.45) is 3.46. The van der Waals surface area contributed by atoms with Crippen LogP contribution in [0.2, 0.25) is 5.02 Å². The van der Waals surface area contributed by atoms with Gasteiger partial charge in [0.1, 0.15) is 0 Å². The van der Waals surface area contributed by atoms with Gasteiger partial charge in [-0.1, -0.05) is 17.7 Å². The van der Waals surface area contributed by atoms with Gasteiger partial charge in [-0.3, -0.25) is 5.10 Å². The van der Waals surface area contributed by atoms with E-state index in [9.17, 15) is 0 Å². The Hall–Kier alpha value is -1.94. The fourth-order valence-corrected chi connectivity index (χ4v) is 2.12. The van der Waals surface area contributed by atoms with Crippen LogP contribution in [0.5, 0.6) is 0 Å². The van der Waals surface area contributed by atoms with Gasteiger partial charge in [-0.25, -0.2) is 0 Å². The van der Waals surface area contributed by atoms with Gasteiger partial charge in [0.05, 0.1) is 22.6 Å². The van der Waals surface area contributed by atoms with Crippen molar-refractivity contribution in [2.75, 3.05) is 5.73 Å². The van der Waals surface area contributed by atoms with Crippen molar-refractivity contribution in [3.05, 3.63) is 35.6 Å². The van der Waals surface area contributed by atoms with E-state index in [-0.39, 0.29) is 0 Å². The Morgan fingerprint density at radius 2 is 2.19 bits per heavy atom. The Bertz CT molecular complexity index is 653. The second-order valence-electron chi connectivity index (χ2n) is 3.57. The van der Waals surface area contributed by atoms with E-state index in [1.165, 1.54) is 0 Å². The van der Waals surface area contributed by atoms with E-state index in [0.717, 1.165) is 22.2 Å². The number of nitrogens with one attached hydrogen (secondary N) is 2. The van der Waals surface area contributed by atoms with Crippen LogP contribution < -0.4 is 5.73 Å². The van der Waals surface area contributed by atoms with E-state index in [4.69, 9.17) is 17.3 Å². The summed E-state index contributed by atoms with van der Waals surface area (Å²) in [5, 5.41) is 8.44. The topological polar surface area (TPSA) is 70.5 Å². The summed E-state index contributed by atoms with van der Waals surface area (Å²) in [7, 11) is 0. The van der Waals surface area contributed by atoms with E-state index in [1.807, 2.05) is 24.4 Å². The lowest BCUT2D eigenvalue weighted by Crippen LogP contribution is -1.85. The maximum atomic E-state index is 6.18. The third-order valence-electron chi connectivity index (χ3n) is 2.59. The van der Waals surface area contributed by atoms with Gasteiger partial charge in [0.2, 0.25) is 0 Å². The average molecular weight is 233 g/mol. The molecule has 16 heavy (non-hydrogen) atoms. The maximum absolute atomic E-state index is 6.18. The van der Waals surface area contributed by atoms with Crippen molar-refractivity contribution in [1.82, 2.24) is 15.2 Å². The van der Waals surface area contributed by atoms with E-state index in [0.29, 0.717) is 10.7 Å². The number of nitrogen functional groups attached to an aromatic ring is 1. The van der Waals surface area contributed by atoms with Gasteiger partial charge in [-0.05, 0) is 12.1 Å². The van der Waals surface area contributed by atoms with E-state index >= 15 is 0 Å². The van der Waals surface area contributed by atoms with Gasteiger partial charge in [-0.15, -0.1) is 0 Å². The third-order valence-corrected chi connectivity index (χ3v) is 2.91. The van der Waals surface area contributed by atoms with Crippen molar-refractivity contribution in [2.24, 2.45) is 0 Å². The minimum absolute atomic E-state index is 0.612. The molecule has 0 aliphatic rings. The zero-order valence-corrected chi connectivity index (χ0v) is 9.05. The molecule has 0 unspecified atom stereocenters. The quantitative estimate of drug-likeness (QED) is 0.604. The molecule has 0 fully saturated rings. The molecule has 2 heterocycles. The zero-order chi connectivity index (χ0) is 11.1. The van der Waals surface area contributed by atoms with Gasteiger partial charge in [0.25, 0.3) is 0 Å². The number of rotatable bonds is 1. The fraction of sp³-hybridized carbons (Fsp3) is 0. The molecule has 0 saturated carbocycles. The Labute approximate surface area is 96.4 Å². The number of hydrogen-bond donors (Lipinski definition) is 3. The predicted octanol–water partition coefficient (Wildman–Crippen LogP) is 2.79. The molecule has 0 aliphatic carbocycles. The molecule has 0 bridgehead atoms. The zero-order valence-electron chi connectivity index (χ0n) is 8.29. The maximum Gasteiger partial charge on any atom is 0.0901 e. The first kappa shape index (κ1) is 9.30. The molecule has 3 aromatic rings. The highest BCUT2D eigenvalue weighted by molar-refractivity contribution is 6.36. The number of nitrogens with two attached hydrogens (primary N) is 1. The van der Waals surface area contributed by atoms with E-state index < -0.39 is 0 Å². The number of hydrogen-bond acceptors (Lipinski definition) is 2. The van der Waals surface area contributed by atoms with Crippen LogP contribution in [0.4, 0.5) is 5.69 Å². The summed E-state index contributed by atoms with van der Waals surface area (Å²) >= 11 is 6.18. The summed E-state index contributed by atoms with van der Waals surface area (Å²) in [6.45, 7) is 0. The summed E-state index contributed by atoms with van der Waals surface area (Å²) in [6, 6.07) is 5.73. The molecular weight excluding hydrogens is 224 g/mol. The number of H-pyrrole nitrogens is 2. The second-order valence-corrected chi connectivity index (χ2v) is 3.97. The Morgan fingerprint density at radius 1 is 1.31 bits per heavy atom. The smallest absolute Gasteiger partial charge is 0.0901 e. The molecule has 0 spiro atoms. The first-order chi connectivity index (χ1) is 7.77. The standard InChI is InChI=1S/C11H9ClN4/c12-7-2-1-3-9-10(7)6(4-14-9)11-8(13)5-15-16-11/h1-5,14H,13H2,(H,15,16). The molecule has 0 saturated heterocycles. The largest absolute Gasteiger partial charge is 0.396 e. The van der Waals surface area contributed by atoms with Crippen molar-refractivity contribution in [1.29, 1.82) is 0 Å². The fourth-order valence-electron chi connectivity index (χ4n) is 1.85. The van der Waals surface area contributed by atoms with Crippen molar-refractivity contribution in [3.8, 4) is 11.3 Å². The van der Waals surface area contributed by atoms with Crippen molar-refractivity contribution in [2.45, 2.75) is 0 Å². The number of benzene rings is 1. The Morgan fingerprint density at radius 3 is 2.94 bits per heavy atom. The number of aromatic nitrogens is 3. The number of halogens is 1.